The van der Waals surface area contributed by atoms with Crippen LogP contribution in [0, 0.1) is 11.6 Å². The van der Waals surface area contributed by atoms with Crippen LogP contribution >= 0.6 is 0 Å². The molecule has 3 heteroatoms. The summed E-state index contributed by atoms with van der Waals surface area (Å²) in [6.07, 6.45) is 0.632. The van der Waals surface area contributed by atoms with Crippen LogP contribution in [0.2, 0.25) is 0 Å². The van der Waals surface area contributed by atoms with Crippen LogP contribution in [0.5, 0.6) is 0 Å². The van der Waals surface area contributed by atoms with Gasteiger partial charge < -0.3 is 5.73 Å². The van der Waals surface area contributed by atoms with Crippen molar-refractivity contribution >= 4 is 0 Å². The summed E-state index contributed by atoms with van der Waals surface area (Å²) in [5.41, 5.74) is 5.40. The van der Waals surface area contributed by atoms with Gasteiger partial charge in [0.2, 0.25) is 0 Å². The standard InChI is InChI=1S/C11H15F2N/c1-11(2,6-7-14)8-4-3-5-9(12)10(8)13/h3-5H,6-7,14H2,1-2H3. The van der Waals surface area contributed by atoms with Gasteiger partial charge in [-0.15, -0.1) is 0 Å². The second-order valence-electron chi connectivity index (χ2n) is 4.02. The summed E-state index contributed by atoms with van der Waals surface area (Å²) < 4.78 is 26.3. The lowest BCUT2D eigenvalue weighted by atomic mass is 9.81. The molecule has 0 amide bonds. The molecule has 1 aromatic rings. The van der Waals surface area contributed by atoms with E-state index in [9.17, 15) is 8.78 Å². The molecule has 1 aromatic carbocycles. The minimum Gasteiger partial charge on any atom is -0.330 e. The summed E-state index contributed by atoms with van der Waals surface area (Å²) in [6, 6.07) is 4.25. The largest absolute Gasteiger partial charge is 0.330 e. The maximum atomic E-state index is 13.4. The Balaban J connectivity index is 3.12. The molecule has 0 heterocycles. The normalized spacial score (nSPS) is 11.8. The van der Waals surface area contributed by atoms with Gasteiger partial charge >= 0.3 is 0 Å². The van der Waals surface area contributed by atoms with Crippen molar-refractivity contribution in [3.05, 3.63) is 35.4 Å². The highest BCUT2D eigenvalue weighted by Gasteiger charge is 2.24. The minimum absolute atomic E-state index is 0.392. The lowest BCUT2D eigenvalue weighted by Gasteiger charge is -2.25. The maximum Gasteiger partial charge on any atom is 0.162 e. The van der Waals surface area contributed by atoms with Crippen LogP contribution in [0.15, 0.2) is 18.2 Å². The fraction of sp³-hybridized carbons (Fsp3) is 0.455. The Labute approximate surface area is 82.9 Å². The van der Waals surface area contributed by atoms with Crippen LogP contribution < -0.4 is 5.73 Å². The molecule has 0 aliphatic carbocycles. The highest BCUT2D eigenvalue weighted by Crippen LogP contribution is 2.29. The third-order valence-corrected chi connectivity index (χ3v) is 2.45. The van der Waals surface area contributed by atoms with Gasteiger partial charge in [0.15, 0.2) is 11.6 Å². The first-order valence-corrected chi connectivity index (χ1v) is 4.63. The number of rotatable bonds is 3. The Kier molecular flexibility index (Phi) is 3.21. The molecule has 0 radical (unpaired) electrons. The van der Waals surface area contributed by atoms with Crippen molar-refractivity contribution in [3.63, 3.8) is 0 Å². The zero-order valence-electron chi connectivity index (χ0n) is 8.48. The van der Waals surface area contributed by atoms with Crippen LogP contribution in [0.3, 0.4) is 0 Å². The summed E-state index contributed by atoms with van der Waals surface area (Å²) in [4.78, 5) is 0. The first-order valence-electron chi connectivity index (χ1n) is 4.63. The van der Waals surface area contributed by atoms with Crippen LogP contribution in [0.4, 0.5) is 8.78 Å². The molecule has 14 heavy (non-hydrogen) atoms. The van der Waals surface area contributed by atoms with Crippen molar-refractivity contribution in [1.29, 1.82) is 0 Å². The molecule has 0 saturated heterocycles. The van der Waals surface area contributed by atoms with Crippen LogP contribution in [0.25, 0.3) is 0 Å². The first kappa shape index (κ1) is 11.1. The Hall–Kier alpha value is -0.960. The van der Waals surface area contributed by atoms with E-state index in [1.165, 1.54) is 6.07 Å². The lowest BCUT2D eigenvalue weighted by Crippen LogP contribution is -2.23. The van der Waals surface area contributed by atoms with E-state index in [0.29, 0.717) is 18.5 Å². The summed E-state index contributed by atoms with van der Waals surface area (Å²) >= 11 is 0. The van der Waals surface area contributed by atoms with Crippen molar-refractivity contribution in [2.45, 2.75) is 25.7 Å². The molecule has 0 aromatic heterocycles. The molecule has 0 fully saturated rings. The molecule has 0 aliphatic heterocycles. The van der Waals surface area contributed by atoms with Gasteiger partial charge in [-0.1, -0.05) is 26.0 Å². The molecular weight excluding hydrogens is 184 g/mol. The molecule has 0 unspecified atom stereocenters. The summed E-state index contributed by atoms with van der Waals surface area (Å²) in [5.74, 6) is -1.56. The molecule has 0 saturated carbocycles. The van der Waals surface area contributed by atoms with Gasteiger partial charge in [0, 0.05) is 0 Å². The van der Waals surface area contributed by atoms with Gasteiger partial charge in [-0.2, -0.15) is 0 Å². The average Bonchev–Trinajstić information content (AvgIpc) is 2.09. The topological polar surface area (TPSA) is 26.0 Å². The van der Waals surface area contributed by atoms with Gasteiger partial charge in [0.25, 0.3) is 0 Å². The van der Waals surface area contributed by atoms with Gasteiger partial charge in [-0.3, -0.25) is 0 Å². The average molecular weight is 199 g/mol. The van der Waals surface area contributed by atoms with E-state index in [4.69, 9.17) is 5.73 Å². The summed E-state index contributed by atoms with van der Waals surface area (Å²) in [6.45, 7) is 4.18. The molecule has 0 spiro atoms. The van der Waals surface area contributed by atoms with E-state index in [0.717, 1.165) is 6.07 Å². The van der Waals surface area contributed by atoms with E-state index < -0.39 is 17.0 Å². The van der Waals surface area contributed by atoms with Crippen LogP contribution in [-0.4, -0.2) is 6.54 Å². The third-order valence-electron chi connectivity index (χ3n) is 2.45. The van der Waals surface area contributed by atoms with Gasteiger partial charge in [0.05, 0.1) is 0 Å². The first-order chi connectivity index (χ1) is 6.49. The summed E-state index contributed by atoms with van der Waals surface area (Å²) in [5, 5.41) is 0. The van der Waals surface area contributed by atoms with Crippen molar-refractivity contribution in [2.24, 2.45) is 5.73 Å². The fourth-order valence-electron chi connectivity index (χ4n) is 1.52. The van der Waals surface area contributed by atoms with Crippen LogP contribution in [0.1, 0.15) is 25.8 Å². The van der Waals surface area contributed by atoms with E-state index in [1.54, 1.807) is 6.07 Å². The van der Waals surface area contributed by atoms with Crippen molar-refractivity contribution in [3.8, 4) is 0 Å². The highest BCUT2D eigenvalue weighted by atomic mass is 19.2. The SMILES string of the molecule is CC(C)(CCN)c1cccc(F)c1F. The maximum absolute atomic E-state index is 13.4. The zero-order chi connectivity index (χ0) is 10.8. The Morgan fingerprint density at radius 2 is 1.93 bits per heavy atom. The lowest BCUT2D eigenvalue weighted by molar-refractivity contribution is 0.430. The number of nitrogens with two attached hydrogens (primary N) is 1. The summed E-state index contributed by atoms with van der Waals surface area (Å²) in [7, 11) is 0. The number of benzene rings is 1. The fourth-order valence-corrected chi connectivity index (χ4v) is 1.52. The highest BCUT2D eigenvalue weighted by molar-refractivity contribution is 5.26. The Bertz CT molecular complexity index is 321. The minimum atomic E-state index is -0.799. The molecule has 0 aliphatic rings. The van der Waals surface area contributed by atoms with Crippen molar-refractivity contribution in [1.82, 2.24) is 0 Å². The zero-order valence-corrected chi connectivity index (χ0v) is 8.48. The second-order valence-corrected chi connectivity index (χ2v) is 4.02. The van der Waals surface area contributed by atoms with E-state index in [-0.39, 0.29) is 0 Å². The molecule has 1 nitrogen and oxygen atoms in total. The molecule has 2 N–H and O–H groups in total. The van der Waals surface area contributed by atoms with Gasteiger partial charge in [-0.05, 0) is 30.0 Å². The van der Waals surface area contributed by atoms with E-state index >= 15 is 0 Å². The predicted molar refractivity (Wildman–Crippen MR) is 53.1 cm³/mol. The number of hydrogen-bond acceptors (Lipinski definition) is 1. The molecule has 0 atom stereocenters. The van der Waals surface area contributed by atoms with Crippen molar-refractivity contribution < 1.29 is 8.78 Å². The second kappa shape index (κ2) is 4.05. The molecular formula is C11H15F2N. The molecule has 0 bridgehead atoms. The van der Waals surface area contributed by atoms with Crippen molar-refractivity contribution in [2.75, 3.05) is 6.54 Å². The molecule has 1 rings (SSSR count). The van der Waals surface area contributed by atoms with Crippen LogP contribution in [-0.2, 0) is 5.41 Å². The van der Waals surface area contributed by atoms with E-state index in [1.807, 2.05) is 13.8 Å². The van der Waals surface area contributed by atoms with E-state index in [2.05, 4.69) is 0 Å². The monoisotopic (exact) mass is 199 g/mol. The number of halogens is 2. The smallest absolute Gasteiger partial charge is 0.162 e. The Morgan fingerprint density at radius 3 is 2.50 bits per heavy atom. The predicted octanol–water partition coefficient (Wildman–Crippen LogP) is 2.59. The third kappa shape index (κ3) is 2.10. The number of hydrogen-bond donors (Lipinski definition) is 1. The molecule has 78 valence electrons. The van der Waals surface area contributed by atoms with Gasteiger partial charge in [-0.25, -0.2) is 8.78 Å². The van der Waals surface area contributed by atoms with Gasteiger partial charge in [0.1, 0.15) is 0 Å². The Morgan fingerprint density at radius 1 is 1.29 bits per heavy atom. The quantitative estimate of drug-likeness (QED) is 0.795.